The number of carbonyl (C=O) groups excluding carboxylic acids is 1. The Hall–Kier alpha value is -1.43. The van der Waals surface area contributed by atoms with Crippen molar-refractivity contribution < 1.29 is 4.79 Å². The summed E-state index contributed by atoms with van der Waals surface area (Å²) in [6.45, 7) is 3.26. The number of hydrogen-bond acceptors (Lipinski definition) is 4. The van der Waals surface area contributed by atoms with E-state index >= 15 is 0 Å². The Morgan fingerprint density at radius 2 is 1.84 bits per heavy atom. The summed E-state index contributed by atoms with van der Waals surface area (Å²) in [5.74, 6) is 0.529. The van der Waals surface area contributed by atoms with Crippen LogP contribution in [0.1, 0.15) is 80.7 Å². The number of fused-ring (bicyclic) bond motifs is 1. The predicted octanol–water partition coefficient (Wildman–Crippen LogP) is 2.78. The third kappa shape index (κ3) is 3.89. The zero-order valence-electron chi connectivity index (χ0n) is 15.2. The van der Waals surface area contributed by atoms with E-state index < -0.39 is 0 Å². The molecule has 2 saturated heterocycles. The second-order valence-electron chi connectivity index (χ2n) is 8.09. The molecule has 1 aliphatic carbocycles. The SMILES string of the molecule is O=C(NC[C@@H]1CCCN2CCCC[C@H]12)c1cn(C2CCCCC2)nn1. The van der Waals surface area contributed by atoms with Gasteiger partial charge in [0, 0.05) is 12.6 Å². The molecule has 2 aliphatic heterocycles. The monoisotopic (exact) mass is 345 g/mol. The summed E-state index contributed by atoms with van der Waals surface area (Å²) < 4.78 is 1.91. The molecule has 0 radical (unpaired) electrons. The summed E-state index contributed by atoms with van der Waals surface area (Å²) in [6.07, 6.45) is 14.4. The molecule has 6 nitrogen and oxygen atoms in total. The average Bonchev–Trinajstić information content (AvgIpc) is 3.17. The number of nitrogens with zero attached hydrogens (tertiary/aromatic N) is 4. The average molecular weight is 345 g/mol. The van der Waals surface area contributed by atoms with Crippen molar-refractivity contribution in [3.05, 3.63) is 11.9 Å². The standard InChI is InChI=1S/C19H31N5O/c25-19(17-14-24(22-21-17)16-8-2-1-3-9-16)20-13-15-7-6-12-23-11-5-4-10-18(15)23/h14-16,18H,1-13H2,(H,20,25)/t15-,18+/m0/s1. The van der Waals surface area contributed by atoms with Gasteiger partial charge in [-0.3, -0.25) is 4.79 Å². The molecule has 0 bridgehead atoms. The van der Waals surface area contributed by atoms with Gasteiger partial charge in [-0.2, -0.15) is 0 Å². The molecule has 3 heterocycles. The lowest BCUT2D eigenvalue weighted by Gasteiger charge is -2.44. The van der Waals surface area contributed by atoms with Crippen molar-refractivity contribution in [3.63, 3.8) is 0 Å². The lowest BCUT2D eigenvalue weighted by molar-refractivity contribution is 0.0575. The van der Waals surface area contributed by atoms with E-state index in [1.165, 1.54) is 64.5 Å². The van der Waals surface area contributed by atoms with Crippen LogP contribution in [0.2, 0.25) is 0 Å². The minimum absolute atomic E-state index is 0.0602. The highest BCUT2D eigenvalue weighted by Gasteiger charge is 2.33. The Labute approximate surface area is 150 Å². The summed E-state index contributed by atoms with van der Waals surface area (Å²) in [5.41, 5.74) is 0.474. The van der Waals surface area contributed by atoms with Crippen molar-refractivity contribution in [3.8, 4) is 0 Å². The third-order valence-electron chi connectivity index (χ3n) is 6.45. The van der Waals surface area contributed by atoms with Crippen LogP contribution in [0.5, 0.6) is 0 Å². The molecule has 4 rings (SSSR count). The minimum Gasteiger partial charge on any atom is -0.350 e. The number of rotatable bonds is 4. The zero-order chi connectivity index (χ0) is 17.1. The first-order valence-electron chi connectivity index (χ1n) is 10.3. The van der Waals surface area contributed by atoms with E-state index in [4.69, 9.17) is 0 Å². The fraction of sp³-hybridized carbons (Fsp3) is 0.842. The molecule has 1 aromatic heterocycles. The van der Waals surface area contributed by atoms with Crippen molar-refractivity contribution in [1.82, 2.24) is 25.2 Å². The first-order valence-corrected chi connectivity index (χ1v) is 10.3. The van der Waals surface area contributed by atoms with Crippen molar-refractivity contribution in [2.75, 3.05) is 19.6 Å². The largest absolute Gasteiger partial charge is 0.350 e. The van der Waals surface area contributed by atoms with E-state index in [1.807, 2.05) is 10.9 Å². The smallest absolute Gasteiger partial charge is 0.273 e. The Morgan fingerprint density at radius 3 is 2.72 bits per heavy atom. The van der Waals surface area contributed by atoms with Crippen LogP contribution in [0, 0.1) is 5.92 Å². The molecule has 3 aliphatic rings. The number of piperidine rings is 2. The summed E-state index contributed by atoms with van der Waals surface area (Å²) in [5, 5.41) is 11.5. The van der Waals surface area contributed by atoms with Gasteiger partial charge in [0.05, 0.1) is 12.2 Å². The normalized spacial score (nSPS) is 28.5. The first kappa shape index (κ1) is 17.0. The van der Waals surface area contributed by atoms with Crippen LogP contribution < -0.4 is 5.32 Å². The van der Waals surface area contributed by atoms with Crippen molar-refractivity contribution in [1.29, 1.82) is 0 Å². The molecule has 0 aromatic carbocycles. The Morgan fingerprint density at radius 1 is 1.04 bits per heavy atom. The lowest BCUT2D eigenvalue weighted by Crippen LogP contribution is -2.51. The van der Waals surface area contributed by atoms with Gasteiger partial charge in [-0.15, -0.1) is 5.10 Å². The van der Waals surface area contributed by atoms with Gasteiger partial charge in [0.1, 0.15) is 0 Å². The Balaban J connectivity index is 1.32. The van der Waals surface area contributed by atoms with Crippen LogP contribution in [0.4, 0.5) is 0 Å². The van der Waals surface area contributed by atoms with Gasteiger partial charge in [-0.05, 0) is 57.5 Å². The molecular formula is C19H31N5O. The topological polar surface area (TPSA) is 63.1 Å². The lowest BCUT2D eigenvalue weighted by atomic mass is 9.83. The maximum Gasteiger partial charge on any atom is 0.273 e. The van der Waals surface area contributed by atoms with Gasteiger partial charge in [-0.25, -0.2) is 4.68 Å². The van der Waals surface area contributed by atoms with Gasteiger partial charge in [-0.1, -0.05) is 30.9 Å². The molecule has 1 saturated carbocycles. The maximum atomic E-state index is 12.5. The number of aromatic nitrogens is 3. The molecule has 0 spiro atoms. The molecule has 0 unspecified atom stereocenters. The third-order valence-corrected chi connectivity index (χ3v) is 6.45. The molecule has 1 amide bonds. The van der Waals surface area contributed by atoms with E-state index in [9.17, 15) is 4.79 Å². The van der Waals surface area contributed by atoms with Crippen LogP contribution >= 0.6 is 0 Å². The van der Waals surface area contributed by atoms with Gasteiger partial charge in [0.15, 0.2) is 5.69 Å². The Bertz CT molecular complexity index is 578. The maximum absolute atomic E-state index is 12.5. The minimum atomic E-state index is -0.0602. The van der Waals surface area contributed by atoms with Gasteiger partial charge in [0.2, 0.25) is 0 Å². The summed E-state index contributed by atoms with van der Waals surface area (Å²) >= 11 is 0. The molecule has 1 aromatic rings. The molecule has 2 atom stereocenters. The number of nitrogens with one attached hydrogen (secondary N) is 1. The van der Waals surface area contributed by atoms with Gasteiger partial charge < -0.3 is 10.2 Å². The first-order chi connectivity index (χ1) is 12.3. The molecule has 25 heavy (non-hydrogen) atoms. The van der Waals surface area contributed by atoms with Crippen molar-refractivity contribution >= 4 is 5.91 Å². The van der Waals surface area contributed by atoms with Crippen LogP contribution in [0.15, 0.2) is 6.20 Å². The van der Waals surface area contributed by atoms with Crippen LogP contribution in [0.25, 0.3) is 0 Å². The fourth-order valence-electron chi connectivity index (χ4n) is 5.03. The van der Waals surface area contributed by atoms with Crippen LogP contribution in [0.3, 0.4) is 0 Å². The predicted molar refractivity (Wildman–Crippen MR) is 96.4 cm³/mol. The highest BCUT2D eigenvalue weighted by molar-refractivity contribution is 5.91. The second-order valence-corrected chi connectivity index (χ2v) is 8.09. The second kappa shape index (κ2) is 7.85. The molecule has 6 heteroatoms. The number of hydrogen-bond donors (Lipinski definition) is 1. The molecule has 1 N–H and O–H groups in total. The molecule has 3 fully saturated rings. The van der Waals surface area contributed by atoms with Crippen LogP contribution in [-0.4, -0.2) is 51.5 Å². The Kier molecular flexibility index (Phi) is 5.34. The summed E-state index contributed by atoms with van der Waals surface area (Å²) in [4.78, 5) is 15.1. The van der Waals surface area contributed by atoms with E-state index in [0.717, 1.165) is 19.4 Å². The molecule has 138 valence electrons. The number of carbonyl (C=O) groups is 1. The van der Waals surface area contributed by atoms with E-state index in [1.54, 1.807) is 0 Å². The van der Waals surface area contributed by atoms with Crippen molar-refractivity contribution in [2.24, 2.45) is 5.92 Å². The van der Waals surface area contributed by atoms with Crippen LogP contribution in [-0.2, 0) is 0 Å². The summed E-state index contributed by atoms with van der Waals surface area (Å²) in [7, 11) is 0. The zero-order valence-corrected chi connectivity index (χ0v) is 15.2. The van der Waals surface area contributed by atoms with E-state index in [0.29, 0.717) is 23.7 Å². The summed E-state index contributed by atoms with van der Waals surface area (Å²) in [6, 6.07) is 1.10. The highest BCUT2D eigenvalue weighted by atomic mass is 16.2. The number of amides is 1. The van der Waals surface area contributed by atoms with Crippen molar-refractivity contribution in [2.45, 2.75) is 76.3 Å². The molecular weight excluding hydrogens is 314 g/mol. The fourth-order valence-corrected chi connectivity index (χ4v) is 5.03. The quantitative estimate of drug-likeness (QED) is 0.911. The van der Waals surface area contributed by atoms with E-state index in [-0.39, 0.29) is 5.91 Å². The highest BCUT2D eigenvalue weighted by Crippen LogP contribution is 2.30. The van der Waals surface area contributed by atoms with Gasteiger partial charge in [0.25, 0.3) is 5.91 Å². The van der Waals surface area contributed by atoms with E-state index in [2.05, 4.69) is 20.5 Å². The van der Waals surface area contributed by atoms with Gasteiger partial charge >= 0.3 is 0 Å².